The van der Waals surface area contributed by atoms with Crippen LogP contribution in [0.4, 0.5) is 0 Å². The predicted molar refractivity (Wildman–Crippen MR) is 92.3 cm³/mol. The SMILES string of the molecule is C=CC[C@@H](c1cc(O)ccc1Br)N1CCNCC1.Cl.Cl. The van der Waals surface area contributed by atoms with Gasteiger partial charge in [-0.3, -0.25) is 4.90 Å². The van der Waals surface area contributed by atoms with Gasteiger partial charge in [-0.1, -0.05) is 22.0 Å². The fourth-order valence-corrected chi connectivity index (χ4v) is 2.92. The van der Waals surface area contributed by atoms with Gasteiger partial charge in [-0.25, -0.2) is 0 Å². The molecule has 0 spiro atoms. The van der Waals surface area contributed by atoms with Crippen LogP contribution in [-0.2, 0) is 0 Å². The maximum Gasteiger partial charge on any atom is 0.115 e. The van der Waals surface area contributed by atoms with Crippen molar-refractivity contribution in [2.75, 3.05) is 26.2 Å². The lowest BCUT2D eigenvalue weighted by atomic mass is 10.0. The molecule has 0 amide bonds. The van der Waals surface area contributed by atoms with Crippen molar-refractivity contribution in [2.24, 2.45) is 0 Å². The number of phenolic OH excluding ortho intramolecular Hbond substituents is 1. The number of phenols is 1. The molecule has 1 aliphatic heterocycles. The van der Waals surface area contributed by atoms with Crippen molar-refractivity contribution in [1.82, 2.24) is 10.2 Å². The van der Waals surface area contributed by atoms with Crippen LogP contribution in [0, 0.1) is 0 Å². The van der Waals surface area contributed by atoms with Crippen LogP contribution in [0.2, 0.25) is 0 Å². The molecule has 0 aromatic heterocycles. The van der Waals surface area contributed by atoms with Gasteiger partial charge in [0.25, 0.3) is 0 Å². The zero-order valence-corrected chi connectivity index (χ0v) is 14.4. The van der Waals surface area contributed by atoms with Gasteiger partial charge >= 0.3 is 0 Å². The van der Waals surface area contributed by atoms with E-state index in [0.717, 1.165) is 42.6 Å². The van der Waals surface area contributed by atoms with E-state index < -0.39 is 0 Å². The number of nitrogens with zero attached hydrogens (tertiary/aromatic N) is 1. The molecule has 114 valence electrons. The zero-order valence-electron chi connectivity index (χ0n) is 11.2. The highest BCUT2D eigenvalue weighted by Gasteiger charge is 2.23. The van der Waals surface area contributed by atoms with Gasteiger partial charge in [0.15, 0.2) is 0 Å². The molecular weight excluding hydrogens is 363 g/mol. The molecule has 1 aromatic carbocycles. The molecule has 2 rings (SSSR count). The van der Waals surface area contributed by atoms with Gasteiger partial charge in [0.05, 0.1) is 0 Å². The van der Waals surface area contributed by atoms with E-state index in [1.54, 1.807) is 6.07 Å². The second-order valence-electron chi connectivity index (χ2n) is 4.53. The molecule has 0 radical (unpaired) electrons. The first-order valence-corrected chi connectivity index (χ1v) is 7.05. The Hall–Kier alpha value is -0.260. The number of halogens is 3. The average Bonchev–Trinajstić information content (AvgIpc) is 2.40. The third-order valence-corrected chi connectivity index (χ3v) is 4.04. The van der Waals surface area contributed by atoms with E-state index in [1.165, 1.54) is 0 Å². The summed E-state index contributed by atoms with van der Waals surface area (Å²) in [7, 11) is 0. The number of nitrogens with one attached hydrogen (secondary N) is 1. The third kappa shape index (κ3) is 4.93. The molecule has 0 unspecified atom stereocenters. The van der Waals surface area contributed by atoms with Crippen LogP contribution in [0.5, 0.6) is 5.75 Å². The molecule has 2 N–H and O–H groups in total. The molecule has 1 saturated heterocycles. The van der Waals surface area contributed by atoms with Crippen LogP contribution in [0.15, 0.2) is 35.3 Å². The van der Waals surface area contributed by atoms with Gasteiger partial charge in [0, 0.05) is 36.7 Å². The lowest BCUT2D eigenvalue weighted by Crippen LogP contribution is -2.45. The van der Waals surface area contributed by atoms with Gasteiger partial charge < -0.3 is 10.4 Å². The number of hydrogen-bond donors (Lipinski definition) is 2. The lowest BCUT2D eigenvalue weighted by molar-refractivity contribution is 0.174. The molecule has 6 heteroatoms. The Kier molecular flexibility index (Phi) is 9.51. The summed E-state index contributed by atoms with van der Waals surface area (Å²) in [5.74, 6) is 0.317. The molecule has 1 heterocycles. The second kappa shape index (κ2) is 9.64. The Balaban J connectivity index is 0.00000180. The highest BCUT2D eigenvalue weighted by Crippen LogP contribution is 2.33. The van der Waals surface area contributed by atoms with Crippen LogP contribution in [0.1, 0.15) is 18.0 Å². The lowest BCUT2D eigenvalue weighted by Gasteiger charge is -2.35. The minimum Gasteiger partial charge on any atom is -0.508 e. The van der Waals surface area contributed by atoms with E-state index in [9.17, 15) is 5.11 Å². The fraction of sp³-hybridized carbons (Fsp3) is 0.429. The first-order valence-electron chi connectivity index (χ1n) is 6.26. The standard InChI is InChI=1S/C14H19BrN2O.2ClH/c1-2-3-14(17-8-6-16-7-9-17)12-10-11(18)4-5-13(12)15;;/h2,4-5,10,14,16,18H,1,3,6-9H2;2*1H/t14-;;/m0../s1. The summed E-state index contributed by atoms with van der Waals surface area (Å²) < 4.78 is 1.05. The van der Waals surface area contributed by atoms with Crippen molar-refractivity contribution in [2.45, 2.75) is 12.5 Å². The smallest absolute Gasteiger partial charge is 0.115 e. The Morgan fingerprint density at radius 1 is 1.35 bits per heavy atom. The van der Waals surface area contributed by atoms with Crippen molar-refractivity contribution in [1.29, 1.82) is 0 Å². The number of hydrogen-bond acceptors (Lipinski definition) is 3. The number of benzene rings is 1. The van der Waals surface area contributed by atoms with Crippen molar-refractivity contribution in [3.8, 4) is 5.75 Å². The van der Waals surface area contributed by atoms with Crippen LogP contribution >= 0.6 is 40.7 Å². The summed E-state index contributed by atoms with van der Waals surface area (Å²) in [6, 6.07) is 5.74. The quantitative estimate of drug-likeness (QED) is 0.780. The molecule has 1 fully saturated rings. The van der Waals surface area contributed by atoms with Crippen molar-refractivity contribution < 1.29 is 5.11 Å². The summed E-state index contributed by atoms with van der Waals surface area (Å²) in [4.78, 5) is 2.44. The first kappa shape index (κ1) is 19.7. The van der Waals surface area contributed by atoms with Gasteiger partial charge in [-0.15, -0.1) is 31.4 Å². The van der Waals surface area contributed by atoms with Gasteiger partial charge in [-0.05, 0) is 30.2 Å². The van der Waals surface area contributed by atoms with Crippen LogP contribution in [0.3, 0.4) is 0 Å². The van der Waals surface area contributed by atoms with Crippen molar-refractivity contribution in [3.05, 3.63) is 40.9 Å². The monoisotopic (exact) mass is 382 g/mol. The largest absolute Gasteiger partial charge is 0.508 e. The average molecular weight is 384 g/mol. The molecule has 20 heavy (non-hydrogen) atoms. The molecule has 0 bridgehead atoms. The molecule has 0 saturated carbocycles. The van der Waals surface area contributed by atoms with Crippen molar-refractivity contribution in [3.63, 3.8) is 0 Å². The minimum atomic E-state index is 0. The highest BCUT2D eigenvalue weighted by molar-refractivity contribution is 9.10. The molecule has 3 nitrogen and oxygen atoms in total. The summed E-state index contributed by atoms with van der Waals surface area (Å²) >= 11 is 3.58. The minimum absolute atomic E-state index is 0. The van der Waals surface area contributed by atoms with Gasteiger partial charge in [-0.2, -0.15) is 0 Å². The van der Waals surface area contributed by atoms with E-state index in [0.29, 0.717) is 5.75 Å². The molecule has 0 aliphatic carbocycles. The number of piperazine rings is 1. The van der Waals surface area contributed by atoms with Gasteiger partial charge in [0.1, 0.15) is 5.75 Å². The number of aromatic hydroxyl groups is 1. The van der Waals surface area contributed by atoms with Crippen LogP contribution in [-0.4, -0.2) is 36.2 Å². The maximum absolute atomic E-state index is 9.68. The summed E-state index contributed by atoms with van der Waals surface area (Å²) in [6.45, 7) is 7.95. The normalized spacial score (nSPS) is 16.6. The first-order chi connectivity index (χ1) is 8.72. The summed E-state index contributed by atoms with van der Waals surface area (Å²) in [5.41, 5.74) is 1.14. The highest BCUT2D eigenvalue weighted by atomic mass is 79.9. The molecule has 1 atom stereocenters. The van der Waals surface area contributed by atoms with E-state index in [4.69, 9.17) is 0 Å². The molecule has 1 aromatic rings. The van der Waals surface area contributed by atoms with E-state index in [2.05, 4.69) is 32.7 Å². The van der Waals surface area contributed by atoms with Gasteiger partial charge in [0.2, 0.25) is 0 Å². The predicted octanol–water partition coefficient (Wildman–Crippen LogP) is 3.52. The Bertz CT molecular complexity index is 426. The third-order valence-electron chi connectivity index (χ3n) is 3.32. The van der Waals surface area contributed by atoms with E-state index in [-0.39, 0.29) is 30.9 Å². The topological polar surface area (TPSA) is 35.5 Å². The molecule has 1 aliphatic rings. The Morgan fingerprint density at radius 2 is 2.00 bits per heavy atom. The zero-order chi connectivity index (χ0) is 13.0. The van der Waals surface area contributed by atoms with Crippen molar-refractivity contribution >= 4 is 40.7 Å². The van der Waals surface area contributed by atoms with Crippen LogP contribution < -0.4 is 5.32 Å². The molecular formula is C14H21BrCl2N2O. The summed E-state index contributed by atoms with van der Waals surface area (Å²) in [5, 5.41) is 13.0. The number of rotatable bonds is 4. The Morgan fingerprint density at radius 3 is 2.60 bits per heavy atom. The van der Waals surface area contributed by atoms with E-state index >= 15 is 0 Å². The second-order valence-corrected chi connectivity index (χ2v) is 5.39. The summed E-state index contributed by atoms with van der Waals surface area (Å²) in [6.07, 6.45) is 2.84. The fourth-order valence-electron chi connectivity index (χ4n) is 2.41. The Labute approximate surface area is 141 Å². The maximum atomic E-state index is 9.68. The van der Waals surface area contributed by atoms with E-state index in [1.807, 2.05) is 18.2 Å². The van der Waals surface area contributed by atoms with Crippen LogP contribution in [0.25, 0.3) is 0 Å².